The minimum atomic E-state index is 0.262. The average Bonchev–Trinajstić information content (AvgIpc) is 2.93. The second kappa shape index (κ2) is 6.36. The van der Waals surface area contributed by atoms with E-state index in [1.54, 1.807) is 6.20 Å². The summed E-state index contributed by atoms with van der Waals surface area (Å²) in [5, 5.41) is 3.47. The Bertz CT molecular complexity index is 445. The number of hydrogen-bond acceptors (Lipinski definition) is 2. The van der Waals surface area contributed by atoms with Crippen LogP contribution in [0.25, 0.3) is 0 Å². The third-order valence-corrected chi connectivity index (χ3v) is 3.17. The van der Waals surface area contributed by atoms with E-state index in [0.717, 1.165) is 25.2 Å². The molecule has 0 saturated heterocycles. The molecule has 1 aromatic carbocycles. The molecule has 1 atom stereocenters. The number of H-pyrrole nitrogens is 1. The van der Waals surface area contributed by atoms with E-state index in [9.17, 15) is 0 Å². The molecule has 1 unspecified atom stereocenters. The van der Waals surface area contributed by atoms with Crippen LogP contribution in [-0.2, 0) is 12.8 Å². The van der Waals surface area contributed by atoms with Gasteiger partial charge < -0.3 is 10.3 Å². The van der Waals surface area contributed by atoms with E-state index in [2.05, 4.69) is 53.4 Å². The van der Waals surface area contributed by atoms with Crippen LogP contribution in [0.3, 0.4) is 0 Å². The molecule has 3 heteroatoms. The van der Waals surface area contributed by atoms with Crippen LogP contribution in [-0.4, -0.2) is 16.5 Å². The number of nitrogens with one attached hydrogen (secondary N) is 2. The Hall–Kier alpha value is -1.61. The Balaban J connectivity index is 2.08. The molecule has 0 saturated carbocycles. The van der Waals surface area contributed by atoms with Gasteiger partial charge in [0.05, 0.1) is 6.04 Å². The first-order chi connectivity index (χ1) is 8.83. The Kier molecular flexibility index (Phi) is 4.53. The van der Waals surface area contributed by atoms with Gasteiger partial charge in [-0.3, -0.25) is 0 Å². The van der Waals surface area contributed by atoms with Crippen LogP contribution in [0.4, 0.5) is 0 Å². The largest absolute Gasteiger partial charge is 0.347 e. The molecule has 1 heterocycles. The van der Waals surface area contributed by atoms with Crippen LogP contribution in [0.5, 0.6) is 0 Å². The highest BCUT2D eigenvalue weighted by atomic mass is 15.0. The molecular formula is C15H21N3. The zero-order chi connectivity index (χ0) is 12.8. The fraction of sp³-hybridized carbons (Fsp3) is 0.400. The highest BCUT2D eigenvalue weighted by Gasteiger charge is 2.13. The van der Waals surface area contributed by atoms with E-state index in [-0.39, 0.29) is 6.04 Å². The molecular weight excluding hydrogens is 222 g/mol. The van der Waals surface area contributed by atoms with Gasteiger partial charge in [-0.1, -0.05) is 38.1 Å². The zero-order valence-electron chi connectivity index (χ0n) is 11.1. The molecule has 3 nitrogen and oxygen atoms in total. The van der Waals surface area contributed by atoms with Gasteiger partial charge in [-0.15, -0.1) is 0 Å². The van der Waals surface area contributed by atoms with E-state index < -0.39 is 0 Å². The summed E-state index contributed by atoms with van der Waals surface area (Å²) in [6.07, 6.45) is 5.74. The molecule has 18 heavy (non-hydrogen) atoms. The van der Waals surface area contributed by atoms with Gasteiger partial charge in [-0.05, 0) is 30.5 Å². The molecule has 0 aliphatic rings. The van der Waals surface area contributed by atoms with Crippen molar-refractivity contribution >= 4 is 0 Å². The first-order valence-corrected chi connectivity index (χ1v) is 6.64. The zero-order valence-corrected chi connectivity index (χ0v) is 11.1. The third kappa shape index (κ3) is 3.20. The summed E-state index contributed by atoms with van der Waals surface area (Å²) in [7, 11) is 0. The fourth-order valence-corrected chi connectivity index (χ4v) is 2.13. The highest BCUT2D eigenvalue weighted by molar-refractivity contribution is 5.23. The van der Waals surface area contributed by atoms with Gasteiger partial charge in [0.1, 0.15) is 5.82 Å². The van der Waals surface area contributed by atoms with Crippen molar-refractivity contribution in [3.05, 3.63) is 53.6 Å². The molecule has 2 N–H and O–H groups in total. The predicted molar refractivity (Wildman–Crippen MR) is 74.5 cm³/mol. The summed E-state index contributed by atoms with van der Waals surface area (Å²) < 4.78 is 0. The van der Waals surface area contributed by atoms with E-state index in [1.807, 2.05) is 6.20 Å². The van der Waals surface area contributed by atoms with Gasteiger partial charge in [0.15, 0.2) is 0 Å². The smallest absolute Gasteiger partial charge is 0.123 e. The first-order valence-electron chi connectivity index (χ1n) is 6.64. The Morgan fingerprint density at radius 1 is 1.17 bits per heavy atom. The topological polar surface area (TPSA) is 40.7 Å². The predicted octanol–water partition coefficient (Wildman–Crippen LogP) is 2.87. The minimum absolute atomic E-state index is 0.262. The van der Waals surface area contributed by atoms with Gasteiger partial charge in [0.25, 0.3) is 0 Å². The lowest BCUT2D eigenvalue weighted by atomic mass is 10.0. The standard InChI is InChI=1S/C15H21N3/c1-3-12-5-7-13(8-6-12)11-14(16-4-2)15-17-9-10-18-15/h5-10,14,16H,3-4,11H2,1-2H3,(H,17,18). The summed E-state index contributed by atoms with van der Waals surface area (Å²) in [6.45, 7) is 5.24. The van der Waals surface area contributed by atoms with Gasteiger partial charge in [-0.25, -0.2) is 4.98 Å². The molecule has 2 aromatic rings. The summed E-state index contributed by atoms with van der Waals surface area (Å²) in [4.78, 5) is 7.54. The lowest BCUT2D eigenvalue weighted by molar-refractivity contribution is 0.526. The SMILES string of the molecule is CCNC(Cc1ccc(CC)cc1)c1ncc[nH]1. The molecule has 0 aliphatic carbocycles. The van der Waals surface area contributed by atoms with Crippen molar-refractivity contribution in [3.63, 3.8) is 0 Å². The second-order valence-electron chi connectivity index (χ2n) is 4.46. The van der Waals surface area contributed by atoms with Crippen LogP contribution in [0.15, 0.2) is 36.7 Å². The molecule has 2 rings (SSSR count). The van der Waals surface area contributed by atoms with Crippen molar-refractivity contribution in [2.75, 3.05) is 6.54 Å². The molecule has 0 radical (unpaired) electrons. The fourth-order valence-electron chi connectivity index (χ4n) is 2.13. The van der Waals surface area contributed by atoms with Gasteiger partial charge in [0, 0.05) is 12.4 Å². The Labute approximate surface area is 109 Å². The summed E-state index contributed by atoms with van der Waals surface area (Å²) in [6, 6.07) is 9.11. The number of likely N-dealkylation sites (N-methyl/N-ethyl adjacent to an activating group) is 1. The Morgan fingerprint density at radius 2 is 1.89 bits per heavy atom. The lowest BCUT2D eigenvalue weighted by Gasteiger charge is -2.15. The number of hydrogen-bond donors (Lipinski definition) is 2. The highest BCUT2D eigenvalue weighted by Crippen LogP contribution is 2.15. The van der Waals surface area contributed by atoms with Crippen LogP contribution >= 0.6 is 0 Å². The van der Waals surface area contributed by atoms with Crippen molar-refractivity contribution in [2.24, 2.45) is 0 Å². The van der Waals surface area contributed by atoms with Crippen molar-refractivity contribution in [2.45, 2.75) is 32.7 Å². The van der Waals surface area contributed by atoms with Gasteiger partial charge >= 0.3 is 0 Å². The number of aryl methyl sites for hydroxylation is 1. The lowest BCUT2D eigenvalue weighted by Crippen LogP contribution is -2.24. The van der Waals surface area contributed by atoms with Crippen molar-refractivity contribution < 1.29 is 0 Å². The summed E-state index contributed by atoms with van der Waals surface area (Å²) in [5.74, 6) is 1.01. The number of imidazole rings is 1. The maximum Gasteiger partial charge on any atom is 0.123 e. The molecule has 0 bridgehead atoms. The van der Waals surface area contributed by atoms with E-state index >= 15 is 0 Å². The van der Waals surface area contributed by atoms with Crippen molar-refractivity contribution in [1.29, 1.82) is 0 Å². The monoisotopic (exact) mass is 243 g/mol. The van der Waals surface area contributed by atoms with Crippen LogP contribution in [0.2, 0.25) is 0 Å². The van der Waals surface area contributed by atoms with E-state index in [1.165, 1.54) is 11.1 Å². The van der Waals surface area contributed by atoms with E-state index in [0.29, 0.717) is 0 Å². The molecule has 0 spiro atoms. The molecule has 0 aliphatic heterocycles. The average molecular weight is 243 g/mol. The second-order valence-corrected chi connectivity index (χ2v) is 4.46. The molecule has 0 fully saturated rings. The minimum Gasteiger partial charge on any atom is -0.347 e. The maximum atomic E-state index is 4.35. The molecule has 0 amide bonds. The van der Waals surface area contributed by atoms with Crippen molar-refractivity contribution in [3.8, 4) is 0 Å². The van der Waals surface area contributed by atoms with Crippen LogP contribution in [0.1, 0.15) is 36.8 Å². The number of rotatable bonds is 6. The van der Waals surface area contributed by atoms with E-state index in [4.69, 9.17) is 0 Å². The number of aromatic amines is 1. The molecule has 96 valence electrons. The number of benzene rings is 1. The maximum absolute atomic E-state index is 4.35. The molecule has 1 aromatic heterocycles. The van der Waals surface area contributed by atoms with Crippen LogP contribution in [0, 0.1) is 0 Å². The summed E-state index contributed by atoms with van der Waals surface area (Å²) >= 11 is 0. The van der Waals surface area contributed by atoms with Gasteiger partial charge in [-0.2, -0.15) is 0 Å². The Morgan fingerprint density at radius 3 is 2.44 bits per heavy atom. The number of aromatic nitrogens is 2. The van der Waals surface area contributed by atoms with Gasteiger partial charge in [0.2, 0.25) is 0 Å². The third-order valence-electron chi connectivity index (χ3n) is 3.17. The van der Waals surface area contributed by atoms with Crippen molar-refractivity contribution in [1.82, 2.24) is 15.3 Å². The summed E-state index contributed by atoms with van der Waals surface area (Å²) in [5.41, 5.74) is 2.73. The van der Waals surface area contributed by atoms with Crippen LogP contribution < -0.4 is 5.32 Å². The number of nitrogens with zero attached hydrogens (tertiary/aromatic N) is 1. The first kappa shape index (κ1) is 12.8. The normalized spacial score (nSPS) is 12.6. The quantitative estimate of drug-likeness (QED) is 0.819.